The summed E-state index contributed by atoms with van der Waals surface area (Å²) in [5.41, 5.74) is 0. The molecule has 1 heterocycles. The van der Waals surface area contributed by atoms with Crippen LogP contribution >= 0.6 is 0 Å². The van der Waals surface area contributed by atoms with Gasteiger partial charge in [0, 0.05) is 32.5 Å². The van der Waals surface area contributed by atoms with Crippen LogP contribution < -0.4 is 5.32 Å². The molecule has 1 N–H and O–H groups in total. The molecule has 1 aliphatic heterocycles. The second-order valence-electron chi connectivity index (χ2n) is 4.49. The SMILES string of the molecule is CCC(CNC)CN1CCC(F)(F)CC1. The fraction of sp³-hybridized carbons (Fsp3) is 1.00. The third kappa shape index (κ3) is 4.43. The molecule has 4 heteroatoms. The van der Waals surface area contributed by atoms with E-state index in [1.165, 1.54) is 0 Å². The number of hydrogen-bond acceptors (Lipinski definition) is 2. The van der Waals surface area contributed by atoms with Gasteiger partial charge in [0.1, 0.15) is 0 Å². The molecule has 1 saturated heterocycles. The number of likely N-dealkylation sites (tertiary alicyclic amines) is 1. The molecule has 15 heavy (non-hydrogen) atoms. The van der Waals surface area contributed by atoms with Gasteiger partial charge in [-0.15, -0.1) is 0 Å². The highest BCUT2D eigenvalue weighted by molar-refractivity contribution is 4.79. The van der Waals surface area contributed by atoms with E-state index in [1.54, 1.807) is 0 Å². The summed E-state index contributed by atoms with van der Waals surface area (Å²) in [5.74, 6) is -1.83. The average Bonchev–Trinajstić information content (AvgIpc) is 2.20. The van der Waals surface area contributed by atoms with Crippen molar-refractivity contribution in [2.24, 2.45) is 5.92 Å². The number of alkyl halides is 2. The molecule has 1 fully saturated rings. The zero-order valence-corrected chi connectivity index (χ0v) is 9.73. The molecule has 0 spiro atoms. The zero-order valence-electron chi connectivity index (χ0n) is 9.73. The second kappa shape index (κ2) is 5.75. The van der Waals surface area contributed by atoms with Gasteiger partial charge in [0.2, 0.25) is 0 Å². The van der Waals surface area contributed by atoms with Crippen molar-refractivity contribution in [1.82, 2.24) is 10.2 Å². The monoisotopic (exact) mass is 220 g/mol. The van der Waals surface area contributed by atoms with Crippen molar-refractivity contribution in [3.05, 3.63) is 0 Å². The predicted octanol–water partition coefficient (Wildman–Crippen LogP) is 1.96. The third-order valence-electron chi connectivity index (χ3n) is 3.17. The number of halogens is 2. The Bertz CT molecular complexity index is 175. The third-order valence-corrected chi connectivity index (χ3v) is 3.17. The van der Waals surface area contributed by atoms with Gasteiger partial charge in [-0.05, 0) is 19.5 Å². The Kier molecular flexibility index (Phi) is 4.93. The molecule has 0 saturated carbocycles. The van der Waals surface area contributed by atoms with Crippen molar-refractivity contribution < 1.29 is 8.78 Å². The largest absolute Gasteiger partial charge is 0.319 e. The van der Waals surface area contributed by atoms with Gasteiger partial charge in [-0.2, -0.15) is 0 Å². The van der Waals surface area contributed by atoms with Crippen LogP contribution in [0, 0.1) is 5.92 Å². The molecule has 1 aliphatic rings. The first-order chi connectivity index (χ1) is 7.07. The van der Waals surface area contributed by atoms with Crippen LogP contribution in [0.15, 0.2) is 0 Å². The summed E-state index contributed by atoms with van der Waals surface area (Å²) in [6, 6.07) is 0. The van der Waals surface area contributed by atoms with Crippen LogP contribution in [0.1, 0.15) is 26.2 Å². The van der Waals surface area contributed by atoms with Crippen LogP contribution in [-0.4, -0.2) is 44.0 Å². The van der Waals surface area contributed by atoms with E-state index in [9.17, 15) is 8.78 Å². The van der Waals surface area contributed by atoms with E-state index in [2.05, 4.69) is 17.1 Å². The van der Waals surface area contributed by atoms with Gasteiger partial charge in [-0.1, -0.05) is 13.3 Å². The van der Waals surface area contributed by atoms with Crippen LogP contribution in [0.4, 0.5) is 8.78 Å². The molecule has 1 unspecified atom stereocenters. The summed E-state index contributed by atoms with van der Waals surface area (Å²) in [7, 11) is 1.94. The lowest BCUT2D eigenvalue weighted by Crippen LogP contribution is -2.42. The molecule has 0 aromatic rings. The minimum Gasteiger partial charge on any atom is -0.319 e. The fourth-order valence-electron chi connectivity index (χ4n) is 2.05. The maximum Gasteiger partial charge on any atom is 0.250 e. The maximum atomic E-state index is 12.9. The molecule has 0 aromatic carbocycles. The summed E-state index contributed by atoms with van der Waals surface area (Å²) >= 11 is 0. The van der Waals surface area contributed by atoms with E-state index in [1.807, 2.05) is 7.05 Å². The lowest BCUT2D eigenvalue weighted by molar-refractivity contribution is -0.0573. The Morgan fingerprint density at radius 3 is 2.40 bits per heavy atom. The van der Waals surface area contributed by atoms with Gasteiger partial charge in [0.25, 0.3) is 5.92 Å². The molecule has 0 radical (unpaired) electrons. The molecule has 0 aromatic heterocycles. The van der Waals surface area contributed by atoms with Crippen molar-refractivity contribution in [2.75, 3.05) is 33.2 Å². The minimum absolute atomic E-state index is 0.0307. The Hall–Kier alpha value is -0.220. The number of nitrogens with one attached hydrogen (secondary N) is 1. The Morgan fingerprint density at radius 1 is 1.33 bits per heavy atom. The fourth-order valence-corrected chi connectivity index (χ4v) is 2.05. The molecule has 1 rings (SSSR count). The summed E-state index contributed by atoms with van der Waals surface area (Å²) in [6.45, 7) is 5.18. The number of piperidine rings is 1. The smallest absolute Gasteiger partial charge is 0.250 e. The first-order valence-corrected chi connectivity index (χ1v) is 5.82. The molecule has 1 atom stereocenters. The summed E-state index contributed by atoms with van der Waals surface area (Å²) in [5, 5.41) is 3.15. The van der Waals surface area contributed by atoms with Crippen molar-refractivity contribution in [3.63, 3.8) is 0 Å². The van der Waals surface area contributed by atoms with Crippen molar-refractivity contribution in [2.45, 2.75) is 32.1 Å². The van der Waals surface area contributed by atoms with Gasteiger partial charge < -0.3 is 10.2 Å². The van der Waals surface area contributed by atoms with Crippen LogP contribution in [0.25, 0.3) is 0 Å². The highest BCUT2D eigenvalue weighted by atomic mass is 19.3. The lowest BCUT2D eigenvalue weighted by atomic mass is 10.0. The normalized spacial score (nSPS) is 24.0. The zero-order chi connectivity index (χ0) is 11.3. The van der Waals surface area contributed by atoms with Gasteiger partial charge in [0.05, 0.1) is 0 Å². The molecule has 2 nitrogen and oxygen atoms in total. The molecule has 90 valence electrons. The molecule has 0 amide bonds. The van der Waals surface area contributed by atoms with Crippen LogP contribution in [-0.2, 0) is 0 Å². The average molecular weight is 220 g/mol. The van der Waals surface area contributed by atoms with E-state index in [4.69, 9.17) is 0 Å². The van der Waals surface area contributed by atoms with Crippen LogP contribution in [0.5, 0.6) is 0 Å². The Morgan fingerprint density at radius 2 is 1.93 bits per heavy atom. The number of rotatable bonds is 5. The van der Waals surface area contributed by atoms with Gasteiger partial charge in [0.15, 0.2) is 0 Å². The molecule has 0 bridgehead atoms. The first kappa shape index (κ1) is 12.8. The van der Waals surface area contributed by atoms with Crippen molar-refractivity contribution in [3.8, 4) is 0 Å². The lowest BCUT2D eigenvalue weighted by Gasteiger charge is -2.33. The molecule has 0 aliphatic carbocycles. The number of hydrogen-bond donors (Lipinski definition) is 1. The molecular formula is C11H22F2N2. The van der Waals surface area contributed by atoms with E-state index in [0.717, 1.165) is 19.5 Å². The van der Waals surface area contributed by atoms with Crippen LogP contribution in [0.3, 0.4) is 0 Å². The van der Waals surface area contributed by atoms with Crippen molar-refractivity contribution >= 4 is 0 Å². The summed E-state index contributed by atoms with van der Waals surface area (Å²) in [6.07, 6.45) is 1.17. The van der Waals surface area contributed by atoms with E-state index < -0.39 is 5.92 Å². The first-order valence-electron chi connectivity index (χ1n) is 5.82. The molecular weight excluding hydrogens is 198 g/mol. The predicted molar refractivity (Wildman–Crippen MR) is 58.3 cm³/mol. The van der Waals surface area contributed by atoms with Crippen LogP contribution in [0.2, 0.25) is 0 Å². The standard InChI is InChI=1S/C11H22F2N2/c1-3-10(8-14-2)9-15-6-4-11(12,13)5-7-15/h10,14H,3-9H2,1-2H3. The van der Waals surface area contributed by atoms with Crippen molar-refractivity contribution in [1.29, 1.82) is 0 Å². The number of nitrogens with zero attached hydrogens (tertiary/aromatic N) is 1. The summed E-state index contributed by atoms with van der Waals surface area (Å²) in [4.78, 5) is 2.17. The van der Waals surface area contributed by atoms with Gasteiger partial charge in [-0.3, -0.25) is 0 Å². The van der Waals surface area contributed by atoms with E-state index in [0.29, 0.717) is 19.0 Å². The Balaban J connectivity index is 2.28. The maximum absolute atomic E-state index is 12.9. The highest BCUT2D eigenvalue weighted by Gasteiger charge is 2.34. The van der Waals surface area contributed by atoms with Gasteiger partial charge in [-0.25, -0.2) is 8.78 Å². The van der Waals surface area contributed by atoms with Gasteiger partial charge >= 0.3 is 0 Å². The quantitative estimate of drug-likeness (QED) is 0.762. The van der Waals surface area contributed by atoms with E-state index >= 15 is 0 Å². The summed E-state index contributed by atoms with van der Waals surface area (Å²) < 4.78 is 25.8. The minimum atomic E-state index is -2.42. The van der Waals surface area contributed by atoms with E-state index in [-0.39, 0.29) is 12.8 Å². The Labute approximate surface area is 91.0 Å². The highest BCUT2D eigenvalue weighted by Crippen LogP contribution is 2.27. The second-order valence-corrected chi connectivity index (χ2v) is 4.49. The topological polar surface area (TPSA) is 15.3 Å².